The van der Waals surface area contributed by atoms with Crippen molar-refractivity contribution >= 4 is 58.5 Å². The first kappa shape index (κ1) is 29.6. The molecular formula is C31H25N3O7S. The van der Waals surface area contributed by atoms with E-state index in [1.54, 1.807) is 48.5 Å². The lowest BCUT2D eigenvalue weighted by Gasteiger charge is -2.18. The van der Waals surface area contributed by atoms with Crippen LogP contribution in [-0.2, 0) is 9.59 Å². The van der Waals surface area contributed by atoms with Crippen molar-refractivity contribution in [3.63, 3.8) is 0 Å². The largest absolute Gasteiger partial charge is 0.478 e. The summed E-state index contributed by atoms with van der Waals surface area (Å²) in [4.78, 5) is 61.0. The molecule has 0 radical (unpaired) electrons. The Balaban J connectivity index is 1.49. The number of aromatic carboxylic acids is 2. The van der Waals surface area contributed by atoms with E-state index < -0.39 is 28.7 Å². The number of rotatable bonds is 10. The molecule has 0 aliphatic rings. The van der Waals surface area contributed by atoms with Gasteiger partial charge in [-0.15, -0.1) is 11.8 Å². The van der Waals surface area contributed by atoms with Crippen molar-refractivity contribution in [3.05, 3.63) is 119 Å². The average Bonchev–Trinajstić information content (AvgIpc) is 2.97. The summed E-state index contributed by atoms with van der Waals surface area (Å²) in [7, 11) is 0. The molecule has 0 fully saturated rings. The Morgan fingerprint density at radius 2 is 1.21 bits per heavy atom. The second-order valence-corrected chi connectivity index (χ2v) is 10.2. The molecule has 42 heavy (non-hydrogen) atoms. The molecule has 4 aromatic rings. The molecule has 0 spiro atoms. The van der Waals surface area contributed by atoms with Crippen molar-refractivity contribution in [1.29, 1.82) is 0 Å². The second-order valence-electron chi connectivity index (χ2n) is 9.01. The minimum Gasteiger partial charge on any atom is -0.478 e. The van der Waals surface area contributed by atoms with Gasteiger partial charge in [0.05, 0.1) is 16.7 Å². The molecular weight excluding hydrogens is 558 g/mol. The fourth-order valence-corrected chi connectivity index (χ4v) is 4.98. The van der Waals surface area contributed by atoms with Gasteiger partial charge in [-0.3, -0.25) is 14.4 Å². The molecule has 1 atom stereocenters. The zero-order valence-electron chi connectivity index (χ0n) is 22.2. The summed E-state index contributed by atoms with van der Waals surface area (Å²) in [5, 5.41) is 26.2. The van der Waals surface area contributed by atoms with Crippen LogP contribution in [0.15, 0.2) is 102 Å². The van der Waals surface area contributed by atoms with Crippen molar-refractivity contribution in [3.8, 4) is 0 Å². The number of carboxylic acid groups (broad SMARTS) is 2. The lowest BCUT2D eigenvalue weighted by atomic mass is 10.0. The third-order valence-corrected chi connectivity index (χ3v) is 7.19. The van der Waals surface area contributed by atoms with Crippen LogP contribution in [0.4, 0.5) is 17.1 Å². The average molecular weight is 584 g/mol. The first-order valence-corrected chi connectivity index (χ1v) is 13.4. The molecule has 5 N–H and O–H groups in total. The summed E-state index contributed by atoms with van der Waals surface area (Å²) in [5.74, 6) is -3.90. The van der Waals surface area contributed by atoms with E-state index in [0.717, 1.165) is 28.7 Å². The fourth-order valence-electron chi connectivity index (χ4n) is 3.95. The SMILES string of the molecule is CC(=O)Nc1ccc(NC(=O)C(Sc2ccc(NC(=O)c3ccc(C(=O)O)cc3C(=O)O)cc2)c2ccccc2)cc1. The van der Waals surface area contributed by atoms with Crippen LogP contribution in [0, 0.1) is 0 Å². The molecule has 1 unspecified atom stereocenters. The highest BCUT2D eigenvalue weighted by Crippen LogP contribution is 2.37. The summed E-state index contributed by atoms with van der Waals surface area (Å²) in [6, 6.07) is 25.9. The topological polar surface area (TPSA) is 162 Å². The number of carbonyl (C=O) groups is 5. The van der Waals surface area contributed by atoms with Crippen molar-refractivity contribution in [2.24, 2.45) is 0 Å². The Bertz CT molecular complexity index is 1640. The molecule has 0 bridgehead atoms. The lowest BCUT2D eigenvalue weighted by Crippen LogP contribution is -2.19. The third kappa shape index (κ3) is 7.61. The minimum atomic E-state index is -1.43. The van der Waals surface area contributed by atoms with E-state index in [9.17, 15) is 29.1 Å². The van der Waals surface area contributed by atoms with Gasteiger partial charge >= 0.3 is 11.9 Å². The normalized spacial score (nSPS) is 11.2. The summed E-state index contributed by atoms with van der Waals surface area (Å²) in [5.41, 5.74) is 1.47. The van der Waals surface area contributed by atoms with Gasteiger partial charge in [-0.25, -0.2) is 9.59 Å². The molecule has 4 aromatic carbocycles. The van der Waals surface area contributed by atoms with Gasteiger partial charge in [-0.2, -0.15) is 0 Å². The van der Waals surface area contributed by atoms with Crippen LogP contribution in [-0.4, -0.2) is 39.9 Å². The molecule has 212 valence electrons. The zero-order valence-corrected chi connectivity index (χ0v) is 23.0. The smallest absolute Gasteiger partial charge is 0.336 e. The van der Waals surface area contributed by atoms with Crippen LogP contribution in [0.5, 0.6) is 0 Å². The molecule has 4 rings (SSSR count). The summed E-state index contributed by atoms with van der Waals surface area (Å²) >= 11 is 1.30. The molecule has 0 heterocycles. The van der Waals surface area contributed by atoms with Gasteiger partial charge in [0.25, 0.3) is 5.91 Å². The van der Waals surface area contributed by atoms with Crippen LogP contribution in [0.25, 0.3) is 0 Å². The molecule has 3 amide bonds. The predicted molar refractivity (Wildman–Crippen MR) is 159 cm³/mol. The Hall–Kier alpha value is -5.42. The molecule has 0 saturated heterocycles. The van der Waals surface area contributed by atoms with Crippen LogP contribution < -0.4 is 16.0 Å². The van der Waals surface area contributed by atoms with Crippen LogP contribution in [0.2, 0.25) is 0 Å². The number of carboxylic acids is 2. The van der Waals surface area contributed by atoms with Crippen molar-refractivity contribution in [2.75, 3.05) is 16.0 Å². The highest BCUT2D eigenvalue weighted by molar-refractivity contribution is 8.00. The van der Waals surface area contributed by atoms with Gasteiger partial charge in [0.15, 0.2) is 0 Å². The maximum atomic E-state index is 13.4. The van der Waals surface area contributed by atoms with Gasteiger partial charge in [-0.1, -0.05) is 30.3 Å². The quantitative estimate of drug-likeness (QED) is 0.147. The van der Waals surface area contributed by atoms with Crippen LogP contribution in [0.1, 0.15) is 48.8 Å². The standard InChI is InChI=1S/C31H25N3O7S/c1-18(35)32-21-8-10-22(11-9-21)34-29(37)27(19-5-3-2-4-6-19)42-24-14-12-23(13-15-24)33-28(36)25-16-7-20(30(38)39)17-26(25)31(40)41/h2-17,27H,1H3,(H,32,35)(H,33,36)(H,34,37)(H,38,39)(H,40,41). The van der Waals surface area contributed by atoms with E-state index in [4.69, 9.17) is 5.11 Å². The van der Waals surface area contributed by atoms with Gasteiger partial charge in [0.2, 0.25) is 11.8 Å². The van der Waals surface area contributed by atoms with Crippen molar-refractivity contribution in [1.82, 2.24) is 0 Å². The second kappa shape index (κ2) is 13.3. The molecule has 0 aliphatic heterocycles. The summed E-state index contributed by atoms with van der Waals surface area (Å²) in [6.07, 6.45) is 0. The van der Waals surface area contributed by atoms with E-state index in [2.05, 4.69) is 16.0 Å². The van der Waals surface area contributed by atoms with Gasteiger partial charge < -0.3 is 26.2 Å². The highest BCUT2D eigenvalue weighted by atomic mass is 32.2. The zero-order chi connectivity index (χ0) is 30.2. The number of anilines is 3. The van der Waals surface area contributed by atoms with Crippen molar-refractivity contribution in [2.45, 2.75) is 17.1 Å². The van der Waals surface area contributed by atoms with Gasteiger partial charge in [-0.05, 0) is 72.3 Å². The fraction of sp³-hybridized carbons (Fsp3) is 0.0645. The van der Waals surface area contributed by atoms with E-state index in [1.807, 2.05) is 30.3 Å². The first-order valence-electron chi connectivity index (χ1n) is 12.5. The summed E-state index contributed by atoms with van der Waals surface area (Å²) < 4.78 is 0. The minimum absolute atomic E-state index is 0.183. The number of carbonyl (C=O) groups excluding carboxylic acids is 3. The molecule has 0 aliphatic carbocycles. The number of hydrogen-bond acceptors (Lipinski definition) is 6. The Labute approximate surface area is 244 Å². The monoisotopic (exact) mass is 583 g/mol. The van der Waals surface area contributed by atoms with E-state index in [0.29, 0.717) is 17.1 Å². The summed E-state index contributed by atoms with van der Waals surface area (Å²) in [6.45, 7) is 1.41. The van der Waals surface area contributed by atoms with Crippen molar-refractivity contribution < 1.29 is 34.2 Å². The van der Waals surface area contributed by atoms with E-state index in [1.165, 1.54) is 18.7 Å². The maximum absolute atomic E-state index is 13.4. The first-order chi connectivity index (χ1) is 20.1. The maximum Gasteiger partial charge on any atom is 0.336 e. The number of hydrogen-bond donors (Lipinski definition) is 5. The number of nitrogens with one attached hydrogen (secondary N) is 3. The predicted octanol–water partition coefficient (Wildman–Crippen LogP) is 5.77. The van der Waals surface area contributed by atoms with Crippen LogP contribution in [0.3, 0.4) is 0 Å². The highest BCUT2D eigenvalue weighted by Gasteiger charge is 2.23. The van der Waals surface area contributed by atoms with Crippen LogP contribution >= 0.6 is 11.8 Å². The number of thioether (sulfide) groups is 1. The Kier molecular flexibility index (Phi) is 9.35. The number of benzene rings is 4. The van der Waals surface area contributed by atoms with E-state index in [-0.39, 0.29) is 22.9 Å². The molecule has 11 heteroatoms. The Morgan fingerprint density at radius 3 is 1.79 bits per heavy atom. The molecule has 0 saturated carbocycles. The Morgan fingerprint density at radius 1 is 0.643 bits per heavy atom. The number of amides is 3. The van der Waals surface area contributed by atoms with Gasteiger partial charge in [0.1, 0.15) is 5.25 Å². The van der Waals surface area contributed by atoms with E-state index >= 15 is 0 Å². The molecule has 10 nitrogen and oxygen atoms in total. The molecule has 0 aromatic heterocycles. The lowest BCUT2D eigenvalue weighted by molar-refractivity contribution is -0.116. The van der Waals surface area contributed by atoms with Gasteiger partial charge in [0, 0.05) is 28.9 Å². The third-order valence-electron chi connectivity index (χ3n) is 5.92.